The molecule has 1 aromatic carbocycles. The summed E-state index contributed by atoms with van der Waals surface area (Å²) in [5.41, 5.74) is 7.10. The summed E-state index contributed by atoms with van der Waals surface area (Å²) >= 11 is 0. The molecule has 4 heteroatoms. The van der Waals surface area contributed by atoms with Crippen molar-refractivity contribution in [1.29, 1.82) is 0 Å². The number of carbonyl (C=O) groups is 1. The van der Waals surface area contributed by atoms with Gasteiger partial charge in [0.2, 0.25) is 5.91 Å². The summed E-state index contributed by atoms with van der Waals surface area (Å²) in [7, 11) is 3.33. The molecule has 92 valence electrons. The molecular weight excluding hydrogens is 216 g/mol. The summed E-state index contributed by atoms with van der Waals surface area (Å²) in [6, 6.07) is 5.97. The Hall–Kier alpha value is -1.55. The third-order valence-corrected chi connectivity index (χ3v) is 3.29. The lowest BCUT2D eigenvalue weighted by atomic mass is 9.93. The summed E-state index contributed by atoms with van der Waals surface area (Å²) in [6.07, 6.45) is 1.75. The van der Waals surface area contributed by atoms with Crippen LogP contribution in [0.25, 0.3) is 0 Å². The number of ether oxygens (including phenoxy) is 1. The maximum atomic E-state index is 12.1. The Balaban J connectivity index is 2.39. The average molecular weight is 234 g/mol. The lowest BCUT2D eigenvalue weighted by Crippen LogP contribution is -2.41. The molecule has 0 radical (unpaired) electrons. The van der Waals surface area contributed by atoms with Gasteiger partial charge < -0.3 is 4.74 Å². The number of aryl methyl sites for hydroxylation is 1. The number of benzene rings is 1. The highest BCUT2D eigenvalue weighted by molar-refractivity contribution is 5.91. The van der Waals surface area contributed by atoms with Gasteiger partial charge in [0.05, 0.1) is 12.5 Å². The SMILES string of the molecule is CNNC(=O)C1(c2cc(C)ccc2OC)CC1. The van der Waals surface area contributed by atoms with Crippen LogP contribution in [-0.2, 0) is 10.2 Å². The first-order valence-corrected chi connectivity index (χ1v) is 5.76. The zero-order chi connectivity index (χ0) is 12.5. The van der Waals surface area contributed by atoms with Crippen LogP contribution in [0, 0.1) is 6.92 Å². The van der Waals surface area contributed by atoms with Crippen molar-refractivity contribution in [2.24, 2.45) is 0 Å². The number of hydrogen-bond donors (Lipinski definition) is 2. The lowest BCUT2D eigenvalue weighted by molar-refractivity contribution is -0.124. The number of methoxy groups -OCH3 is 1. The van der Waals surface area contributed by atoms with E-state index >= 15 is 0 Å². The van der Waals surface area contributed by atoms with Gasteiger partial charge in [0.1, 0.15) is 5.75 Å². The van der Waals surface area contributed by atoms with Crippen LogP contribution in [0.3, 0.4) is 0 Å². The zero-order valence-electron chi connectivity index (χ0n) is 10.5. The van der Waals surface area contributed by atoms with E-state index in [1.54, 1.807) is 14.2 Å². The summed E-state index contributed by atoms with van der Waals surface area (Å²) in [5.74, 6) is 0.809. The van der Waals surface area contributed by atoms with Crippen LogP contribution >= 0.6 is 0 Å². The first kappa shape index (κ1) is 11.9. The Labute approximate surface area is 101 Å². The number of nitrogens with one attached hydrogen (secondary N) is 2. The number of amides is 1. The first-order valence-electron chi connectivity index (χ1n) is 5.76. The molecule has 0 unspecified atom stereocenters. The van der Waals surface area contributed by atoms with E-state index in [1.165, 1.54) is 0 Å². The molecule has 0 atom stereocenters. The predicted molar refractivity (Wildman–Crippen MR) is 65.8 cm³/mol. The second-order valence-corrected chi connectivity index (χ2v) is 4.49. The van der Waals surface area contributed by atoms with Gasteiger partial charge in [0, 0.05) is 12.6 Å². The van der Waals surface area contributed by atoms with E-state index in [4.69, 9.17) is 4.74 Å². The molecule has 1 fully saturated rings. The minimum absolute atomic E-state index is 0.0175. The Morgan fingerprint density at radius 1 is 1.41 bits per heavy atom. The third-order valence-electron chi connectivity index (χ3n) is 3.29. The molecule has 2 rings (SSSR count). The van der Waals surface area contributed by atoms with Crippen LogP contribution in [0.2, 0.25) is 0 Å². The zero-order valence-corrected chi connectivity index (χ0v) is 10.5. The summed E-state index contributed by atoms with van der Waals surface area (Å²) in [6.45, 7) is 2.02. The molecule has 4 nitrogen and oxygen atoms in total. The van der Waals surface area contributed by atoms with Crippen molar-refractivity contribution in [2.75, 3.05) is 14.2 Å². The molecule has 1 saturated carbocycles. The maximum absolute atomic E-state index is 12.1. The van der Waals surface area contributed by atoms with Crippen LogP contribution in [0.5, 0.6) is 5.75 Å². The predicted octanol–water partition coefficient (Wildman–Crippen LogP) is 1.29. The molecule has 1 amide bonds. The summed E-state index contributed by atoms with van der Waals surface area (Å²) in [5, 5.41) is 0. The smallest absolute Gasteiger partial charge is 0.244 e. The molecule has 0 spiro atoms. The van der Waals surface area contributed by atoms with Crippen molar-refractivity contribution in [3.63, 3.8) is 0 Å². The van der Waals surface area contributed by atoms with Gasteiger partial charge in [0.15, 0.2) is 0 Å². The number of hydrazine groups is 1. The van der Waals surface area contributed by atoms with Gasteiger partial charge in [-0.2, -0.15) is 0 Å². The van der Waals surface area contributed by atoms with Gasteiger partial charge in [-0.3, -0.25) is 10.2 Å². The van der Waals surface area contributed by atoms with Crippen LogP contribution < -0.4 is 15.6 Å². The van der Waals surface area contributed by atoms with Gasteiger partial charge in [-0.25, -0.2) is 5.43 Å². The van der Waals surface area contributed by atoms with E-state index in [9.17, 15) is 4.79 Å². The number of carbonyl (C=O) groups excluding carboxylic acids is 1. The van der Waals surface area contributed by atoms with Gasteiger partial charge >= 0.3 is 0 Å². The molecule has 0 aromatic heterocycles. The van der Waals surface area contributed by atoms with Gasteiger partial charge in [-0.05, 0) is 25.8 Å². The molecule has 1 aliphatic rings. The van der Waals surface area contributed by atoms with Crippen LogP contribution in [0.15, 0.2) is 18.2 Å². The van der Waals surface area contributed by atoms with Crippen molar-refractivity contribution in [1.82, 2.24) is 10.9 Å². The van der Waals surface area contributed by atoms with Crippen LogP contribution in [0.1, 0.15) is 24.0 Å². The Morgan fingerprint density at radius 3 is 2.65 bits per heavy atom. The molecule has 17 heavy (non-hydrogen) atoms. The second-order valence-electron chi connectivity index (χ2n) is 4.49. The van der Waals surface area contributed by atoms with E-state index in [1.807, 2.05) is 25.1 Å². The van der Waals surface area contributed by atoms with E-state index in [0.29, 0.717) is 0 Å². The minimum Gasteiger partial charge on any atom is -0.496 e. The fourth-order valence-corrected chi connectivity index (χ4v) is 2.17. The van der Waals surface area contributed by atoms with Crippen molar-refractivity contribution in [2.45, 2.75) is 25.2 Å². The second kappa shape index (κ2) is 4.37. The monoisotopic (exact) mass is 234 g/mol. The number of hydrogen-bond acceptors (Lipinski definition) is 3. The van der Waals surface area contributed by atoms with E-state index in [2.05, 4.69) is 10.9 Å². The van der Waals surface area contributed by atoms with Crippen molar-refractivity contribution >= 4 is 5.91 Å². The topological polar surface area (TPSA) is 50.4 Å². The summed E-state index contributed by atoms with van der Waals surface area (Å²) < 4.78 is 5.35. The Bertz CT molecular complexity index is 439. The van der Waals surface area contributed by atoms with E-state index < -0.39 is 5.41 Å². The highest BCUT2D eigenvalue weighted by Gasteiger charge is 2.52. The molecule has 1 aliphatic carbocycles. The quantitative estimate of drug-likeness (QED) is 0.772. The molecule has 0 saturated heterocycles. The molecule has 0 aliphatic heterocycles. The first-order chi connectivity index (χ1) is 8.14. The lowest BCUT2D eigenvalue weighted by Gasteiger charge is -2.18. The molecular formula is C13H18N2O2. The van der Waals surface area contributed by atoms with Gasteiger partial charge in [0.25, 0.3) is 0 Å². The van der Waals surface area contributed by atoms with E-state index in [-0.39, 0.29) is 5.91 Å². The molecule has 0 heterocycles. The van der Waals surface area contributed by atoms with Crippen LogP contribution in [-0.4, -0.2) is 20.1 Å². The maximum Gasteiger partial charge on any atom is 0.244 e. The largest absolute Gasteiger partial charge is 0.496 e. The van der Waals surface area contributed by atoms with Crippen molar-refractivity contribution in [3.8, 4) is 5.75 Å². The Kier molecular flexibility index (Phi) is 3.07. The minimum atomic E-state index is -0.402. The van der Waals surface area contributed by atoms with Crippen LogP contribution in [0.4, 0.5) is 0 Å². The van der Waals surface area contributed by atoms with Crippen molar-refractivity contribution < 1.29 is 9.53 Å². The standard InChI is InChI=1S/C13H18N2O2/c1-9-4-5-11(17-3)10(8-9)13(6-7-13)12(16)15-14-2/h4-5,8,14H,6-7H2,1-3H3,(H,15,16). The summed E-state index contributed by atoms with van der Waals surface area (Å²) in [4.78, 5) is 12.1. The Morgan fingerprint density at radius 2 is 2.12 bits per heavy atom. The normalized spacial score (nSPS) is 16.4. The highest BCUT2D eigenvalue weighted by Crippen LogP contribution is 2.51. The van der Waals surface area contributed by atoms with Gasteiger partial charge in [-0.15, -0.1) is 0 Å². The van der Waals surface area contributed by atoms with Crippen molar-refractivity contribution in [3.05, 3.63) is 29.3 Å². The molecule has 2 N–H and O–H groups in total. The average Bonchev–Trinajstić information content (AvgIpc) is 3.10. The molecule has 1 aromatic rings. The molecule has 0 bridgehead atoms. The fourth-order valence-electron chi connectivity index (χ4n) is 2.17. The number of rotatable bonds is 4. The highest BCUT2D eigenvalue weighted by atomic mass is 16.5. The van der Waals surface area contributed by atoms with Gasteiger partial charge in [-0.1, -0.05) is 17.7 Å². The fraction of sp³-hybridized carbons (Fsp3) is 0.462. The van der Waals surface area contributed by atoms with E-state index in [0.717, 1.165) is 29.7 Å². The third kappa shape index (κ3) is 2.00.